The van der Waals surface area contributed by atoms with Crippen LogP contribution in [0.4, 0.5) is 0 Å². The number of rotatable bonds is 5. The van der Waals surface area contributed by atoms with Gasteiger partial charge in [-0.15, -0.1) is 0 Å². The quantitative estimate of drug-likeness (QED) is 0.0977. The van der Waals surface area contributed by atoms with E-state index in [9.17, 15) is 4.79 Å². The van der Waals surface area contributed by atoms with Gasteiger partial charge in [0.1, 0.15) is 6.04 Å². The van der Waals surface area contributed by atoms with E-state index in [0.29, 0.717) is 19.4 Å². The Hall–Kier alpha value is -1.08. The van der Waals surface area contributed by atoms with Gasteiger partial charge in [-0.25, -0.2) is 9.13 Å². The number of phosphoric acid groups is 2. The van der Waals surface area contributed by atoms with Gasteiger partial charge in [0.15, 0.2) is 5.96 Å². The first-order chi connectivity index (χ1) is 9.54. The number of aliphatic imine (C=N–C) groups is 1. The van der Waals surface area contributed by atoms with Crippen LogP contribution in [0.3, 0.4) is 0 Å². The Kier molecular flexibility index (Phi) is 14.6. The van der Waals surface area contributed by atoms with Crippen molar-refractivity contribution in [2.75, 3.05) is 6.54 Å². The maximum absolute atomic E-state index is 10.2. The normalized spacial score (nSPS) is 12.0. The van der Waals surface area contributed by atoms with Crippen molar-refractivity contribution >= 4 is 27.6 Å². The summed E-state index contributed by atoms with van der Waals surface area (Å²) in [5.41, 5.74) is 15.3. The molecular formula is C6H20N4O10P2. The molecule has 0 rings (SSSR count). The van der Waals surface area contributed by atoms with E-state index in [1.54, 1.807) is 0 Å². The zero-order valence-corrected chi connectivity index (χ0v) is 12.9. The molecule has 0 spiro atoms. The molecular weight excluding hydrogens is 350 g/mol. The summed E-state index contributed by atoms with van der Waals surface area (Å²) in [5.74, 6) is -0.987. The summed E-state index contributed by atoms with van der Waals surface area (Å²) in [6, 6.07) is -0.820. The fourth-order valence-corrected chi connectivity index (χ4v) is 0.643. The molecule has 0 aromatic heterocycles. The highest BCUT2D eigenvalue weighted by molar-refractivity contribution is 7.45. The van der Waals surface area contributed by atoms with Crippen molar-refractivity contribution in [3.8, 4) is 0 Å². The maximum Gasteiger partial charge on any atom is 0.466 e. The molecule has 0 saturated heterocycles. The Morgan fingerprint density at radius 1 is 1.00 bits per heavy atom. The lowest BCUT2D eigenvalue weighted by molar-refractivity contribution is -0.138. The number of carboxylic acids is 1. The van der Waals surface area contributed by atoms with Crippen molar-refractivity contribution in [3.05, 3.63) is 0 Å². The van der Waals surface area contributed by atoms with E-state index in [4.69, 9.17) is 60.8 Å². The summed E-state index contributed by atoms with van der Waals surface area (Å²) >= 11 is 0. The van der Waals surface area contributed by atoms with Crippen molar-refractivity contribution in [2.24, 2.45) is 22.2 Å². The summed E-state index contributed by atoms with van der Waals surface area (Å²) in [5, 5.41) is 8.38. The van der Waals surface area contributed by atoms with E-state index in [0.717, 1.165) is 0 Å². The molecule has 0 unspecified atom stereocenters. The Balaban J connectivity index is -0.000000298. The van der Waals surface area contributed by atoms with Gasteiger partial charge in [0.2, 0.25) is 0 Å². The van der Waals surface area contributed by atoms with Crippen LogP contribution in [0.1, 0.15) is 12.8 Å². The number of hydrogen-bond acceptors (Lipinski definition) is 5. The first-order valence-electron chi connectivity index (χ1n) is 5.14. The topological polar surface area (TPSA) is 283 Å². The molecule has 0 aromatic carbocycles. The van der Waals surface area contributed by atoms with Gasteiger partial charge in [-0.2, -0.15) is 0 Å². The van der Waals surface area contributed by atoms with Gasteiger partial charge in [-0.05, 0) is 12.8 Å². The summed E-state index contributed by atoms with van der Waals surface area (Å²) in [7, 11) is -9.28. The second kappa shape index (κ2) is 12.5. The number of nitrogens with zero attached hydrogens (tertiary/aromatic N) is 1. The molecule has 16 heteroatoms. The third-order valence-corrected chi connectivity index (χ3v) is 1.28. The van der Waals surface area contributed by atoms with E-state index in [1.807, 2.05) is 0 Å². The largest absolute Gasteiger partial charge is 0.480 e. The van der Waals surface area contributed by atoms with Gasteiger partial charge in [-0.1, -0.05) is 0 Å². The zero-order chi connectivity index (χ0) is 18.6. The molecule has 0 radical (unpaired) electrons. The average molecular weight is 370 g/mol. The molecule has 0 aliphatic heterocycles. The summed E-state index contributed by atoms with van der Waals surface area (Å²) < 4.78 is 17.8. The first kappa shape index (κ1) is 25.9. The van der Waals surface area contributed by atoms with E-state index < -0.39 is 27.7 Å². The number of aliphatic carboxylic acids is 1. The van der Waals surface area contributed by atoms with Crippen molar-refractivity contribution in [2.45, 2.75) is 18.9 Å². The van der Waals surface area contributed by atoms with Gasteiger partial charge in [0, 0.05) is 6.54 Å². The van der Waals surface area contributed by atoms with Gasteiger partial charge in [0.05, 0.1) is 0 Å². The first-order valence-corrected chi connectivity index (χ1v) is 8.27. The predicted octanol–water partition coefficient (Wildman–Crippen LogP) is -3.41. The highest BCUT2D eigenvalue weighted by Crippen LogP contribution is 2.26. The molecule has 0 aliphatic rings. The second-order valence-electron chi connectivity index (χ2n) is 3.42. The average Bonchev–Trinajstić information content (AvgIpc) is 2.18. The highest BCUT2D eigenvalue weighted by atomic mass is 31.2. The predicted molar refractivity (Wildman–Crippen MR) is 74.0 cm³/mol. The van der Waals surface area contributed by atoms with E-state index >= 15 is 0 Å². The lowest BCUT2D eigenvalue weighted by Gasteiger charge is -2.03. The Labute approximate surface area is 124 Å². The van der Waals surface area contributed by atoms with Crippen LogP contribution < -0.4 is 17.2 Å². The van der Waals surface area contributed by atoms with E-state index in [1.165, 1.54) is 0 Å². The summed E-state index contributed by atoms with van der Waals surface area (Å²) in [4.78, 5) is 57.0. The van der Waals surface area contributed by atoms with Crippen molar-refractivity contribution in [1.29, 1.82) is 0 Å². The minimum absolute atomic E-state index is 0.0129. The lowest BCUT2D eigenvalue weighted by Crippen LogP contribution is -2.30. The summed E-state index contributed by atoms with van der Waals surface area (Å²) in [6.07, 6.45) is 0.956. The van der Waals surface area contributed by atoms with Gasteiger partial charge in [0.25, 0.3) is 0 Å². The Morgan fingerprint density at radius 3 is 1.55 bits per heavy atom. The second-order valence-corrected chi connectivity index (χ2v) is 5.47. The third-order valence-electron chi connectivity index (χ3n) is 1.28. The minimum atomic E-state index is -4.64. The van der Waals surface area contributed by atoms with Crippen LogP contribution in [-0.2, 0) is 13.9 Å². The van der Waals surface area contributed by atoms with Gasteiger partial charge in [-0.3, -0.25) is 9.79 Å². The fourth-order valence-electron chi connectivity index (χ4n) is 0.643. The highest BCUT2D eigenvalue weighted by Gasteiger charge is 2.09. The van der Waals surface area contributed by atoms with E-state index in [2.05, 4.69) is 4.99 Å². The molecule has 0 amide bonds. The Morgan fingerprint density at radius 2 is 1.32 bits per heavy atom. The van der Waals surface area contributed by atoms with Crippen LogP contribution in [0, 0.1) is 0 Å². The molecule has 22 heavy (non-hydrogen) atoms. The van der Waals surface area contributed by atoms with Crippen LogP contribution in [0.15, 0.2) is 4.99 Å². The molecule has 13 N–H and O–H groups in total. The Bertz CT molecular complexity index is 391. The van der Waals surface area contributed by atoms with Crippen molar-refractivity contribution in [1.82, 2.24) is 0 Å². The number of guanidine groups is 1. The lowest BCUT2D eigenvalue weighted by atomic mass is 10.2. The third kappa shape index (κ3) is 61.7. The fraction of sp³-hybridized carbons (Fsp3) is 0.667. The van der Waals surface area contributed by atoms with Crippen molar-refractivity contribution < 1.29 is 48.4 Å². The van der Waals surface area contributed by atoms with E-state index in [-0.39, 0.29) is 5.96 Å². The molecule has 14 nitrogen and oxygen atoms in total. The molecule has 0 heterocycles. The zero-order valence-electron chi connectivity index (χ0n) is 11.1. The molecule has 0 aromatic rings. The monoisotopic (exact) mass is 370 g/mol. The standard InChI is InChI=1S/C6H14N4O2.2H3O4P/c7-4(5(11)12)2-1-3-10-6(8)9;2*1-5(2,3)4/h4H,1-3,7H2,(H,11,12)(H4,8,9,10);2*(H3,1,2,3,4)/t4-;;/m0../s1. The summed E-state index contributed by atoms with van der Waals surface area (Å²) in [6.45, 7) is 0.420. The number of carboxylic acid groups (broad SMARTS) is 1. The SMILES string of the molecule is NC(N)=NCCC[C@H](N)C(=O)O.O=P(O)(O)O.O=P(O)(O)O. The molecule has 134 valence electrons. The molecule has 0 aliphatic carbocycles. The van der Waals surface area contributed by atoms with Gasteiger partial charge < -0.3 is 51.7 Å². The number of carbonyl (C=O) groups is 1. The number of hydrogen-bond donors (Lipinski definition) is 10. The maximum atomic E-state index is 10.2. The van der Waals surface area contributed by atoms with Crippen LogP contribution >= 0.6 is 15.6 Å². The van der Waals surface area contributed by atoms with Crippen LogP contribution in [0.2, 0.25) is 0 Å². The van der Waals surface area contributed by atoms with Crippen LogP contribution in [0.5, 0.6) is 0 Å². The number of nitrogens with two attached hydrogens (primary N) is 3. The van der Waals surface area contributed by atoms with Crippen LogP contribution in [0.25, 0.3) is 0 Å². The minimum Gasteiger partial charge on any atom is -0.480 e. The van der Waals surface area contributed by atoms with Crippen LogP contribution in [-0.4, -0.2) is 59.0 Å². The van der Waals surface area contributed by atoms with Crippen molar-refractivity contribution in [3.63, 3.8) is 0 Å². The molecule has 0 fully saturated rings. The van der Waals surface area contributed by atoms with Gasteiger partial charge >= 0.3 is 21.6 Å². The molecule has 0 saturated carbocycles. The molecule has 0 bridgehead atoms. The molecule has 1 atom stereocenters. The smallest absolute Gasteiger partial charge is 0.466 e.